The number of allylic oxidation sites excluding steroid dienone is 2. The average Bonchev–Trinajstić information content (AvgIpc) is 2.89. The van der Waals surface area contributed by atoms with Crippen LogP contribution in [0.5, 0.6) is 0 Å². The van der Waals surface area contributed by atoms with E-state index in [2.05, 4.69) is 22.0 Å². The van der Waals surface area contributed by atoms with Crippen LogP contribution in [-0.4, -0.2) is 17.6 Å². The first-order valence-corrected chi connectivity index (χ1v) is 12.6. The number of nitrogens with one attached hydrogen (secondary N) is 3. The van der Waals surface area contributed by atoms with Gasteiger partial charge in [0, 0.05) is 28.2 Å². The molecule has 8 heteroatoms. The van der Waals surface area contributed by atoms with Crippen LogP contribution in [0, 0.1) is 24.1 Å². The number of thioether (sulfide) groups is 1. The predicted octanol–water partition coefficient (Wildman–Crippen LogP) is 5.84. The molecule has 0 fully saturated rings. The maximum Gasteiger partial charge on any atom is 0.254 e. The molecule has 0 unspecified atom stereocenters. The highest BCUT2D eigenvalue weighted by molar-refractivity contribution is 8.03. The highest BCUT2D eigenvalue weighted by Crippen LogP contribution is 2.41. The van der Waals surface area contributed by atoms with E-state index in [1.54, 1.807) is 49.4 Å². The van der Waals surface area contributed by atoms with Gasteiger partial charge in [0.15, 0.2) is 0 Å². The zero-order valence-electron chi connectivity index (χ0n) is 20.3. The lowest BCUT2D eigenvalue weighted by Gasteiger charge is -2.30. The topological polar surface area (TPSA) is 94.0 Å². The van der Waals surface area contributed by atoms with Crippen molar-refractivity contribution in [2.45, 2.75) is 19.8 Å². The Balaban J connectivity index is 1.65. The Kier molecular flexibility index (Phi) is 8.06. The van der Waals surface area contributed by atoms with Crippen molar-refractivity contribution in [3.05, 3.63) is 118 Å². The Morgan fingerprint density at radius 2 is 1.65 bits per heavy atom. The number of hydrogen-bond donors (Lipinski definition) is 3. The van der Waals surface area contributed by atoms with Crippen LogP contribution in [0.1, 0.15) is 24.0 Å². The van der Waals surface area contributed by atoms with E-state index in [4.69, 9.17) is 0 Å². The molecule has 2 amide bonds. The normalized spacial score (nSPS) is 15.0. The van der Waals surface area contributed by atoms with Crippen LogP contribution in [0.2, 0.25) is 0 Å². The van der Waals surface area contributed by atoms with E-state index in [0.29, 0.717) is 22.1 Å². The monoisotopic (exact) mass is 512 g/mol. The lowest BCUT2D eigenvalue weighted by molar-refractivity contribution is -0.114. The standard InChI is InChI=1S/C29H25FN4O2S/c1-18-10-6-9-15-24(18)34-25(35)17-37-29-22(16-31)27(21-13-7-8-14-23(21)30)26(19(2)32-29)28(36)33-20-11-4-3-5-12-20/h3-15,27,32H,17H2,1-2H3,(H,33,36)(H,34,35)/t27-/m1/s1. The van der Waals surface area contributed by atoms with Gasteiger partial charge in [-0.3, -0.25) is 9.59 Å². The van der Waals surface area contributed by atoms with Crippen LogP contribution >= 0.6 is 11.8 Å². The molecule has 0 radical (unpaired) electrons. The van der Waals surface area contributed by atoms with Crippen LogP contribution in [-0.2, 0) is 9.59 Å². The summed E-state index contributed by atoms with van der Waals surface area (Å²) in [6.45, 7) is 3.60. The quantitative estimate of drug-likeness (QED) is 0.370. The molecule has 3 aromatic carbocycles. The van der Waals surface area contributed by atoms with E-state index < -0.39 is 17.6 Å². The van der Waals surface area contributed by atoms with Gasteiger partial charge < -0.3 is 16.0 Å². The highest BCUT2D eigenvalue weighted by atomic mass is 32.2. The molecule has 3 N–H and O–H groups in total. The molecule has 3 aromatic rings. The summed E-state index contributed by atoms with van der Waals surface area (Å²) >= 11 is 1.13. The van der Waals surface area contributed by atoms with E-state index in [1.807, 2.05) is 37.3 Å². The Labute approximate surface area is 219 Å². The summed E-state index contributed by atoms with van der Waals surface area (Å²) in [6, 6.07) is 24.6. The number of benzene rings is 3. The van der Waals surface area contributed by atoms with Crippen molar-refractivity contribution in [2.24, 2.45) is 0 Å². The van der Waals surface area contributed by atoms with Crippen molar-refractivity contribution in [1.29, 1.82) is 5.26 Å². The average molecular weight is 513 g/mol. The molecule has 0 aliphatic carbocycles. The summed E-state index contributed by atoms with van der Waals surface area (Å²) in [5.41, 5.74) is 3.31. The molecule has 0 saturated heterocycles. The summed E-state index contributed by atoms with van der Waals surface area (Å²) in [7, 11) is 0. The van der Waals surface area contributed by atoms with Crippen molar-refractivity contribution < 1.29 is 14.0 Å². The number of rotatable bonds is 7. The fourth-order valence-electron chi connectivity index (χ4n) is 4.10. The van der Waals surface area contributed by atoms with Gasteiger partial charge in [0.25, 0.3) is 5.91 Å². The number of carbonyl (C=O) groups is 2. The molecule has 1 aliphatic rings. The summed E-state index contributed by atoms with van der Waals surface area (Å²) < 4.78 is 15.0. The molecule has 37 heavy (non-hydrogen) atoms. The molecule has 1 heterocycles. The van der Waals surface area contributed by atoms with E-state index in [1.165, 1.54) is 6.07 Å². The van der Waals surface area contributed by atoms with Crippen molar-refractivity contribution in [3.63, 3.8) is 0 Å². The maximum absolute atomic E-state index is 15.0. The second-order valence-electron chi connectivity index (χ2n) is 8.44. The number of dihydropyridines is 1. The van der Waals surface area contributed by atoms with Crippen LogP contribution in [0.15, 0.2) is 101 Å². The summed E-state index contributed by atoms with van der Waals surface area (Å²) in [5.74, 6) is -2.15. The summed E-state index contributed by atoms with van der Waals surface area (Å²) in [6.07, 6.45) is 0. The number of anilines is 2. The van der Waals surface area contributed by atoms with Crippen LogP contribution in [0.3, 0.4) is 0 Å². The number of para-hydroxylation sites is 2. The third-order valence-electron chi connectivity index (χ3n) is 5.91. The lowest BCUT2D eigenvalue weighted by Crippen LogP contribution is -2.31. The molecule has 1 atom stereocenters. The van der Waals surface area contributed by atoms with Crippen LogP contribution < -0.4 is 16.0 Å². The molecular weight excluding hydrogens is 487 g/mol. The third kappa shape index (κ3) is 5.90. The number of hydrogen-bond acceptors (Lipinski definition) is 5. The molecule has 186 valence electrons. The largest absolute Gasteiger partial charge is 0.353 e. The fourth-order valence-corrected chi connectivity index (χ4v) is 5.00. The zero-order valence-corrected chi connectivity index (χ0v) is 21.2. The van der Waals surface area contributed by atoms with Gasteiger partial charge in [0.1, 0.15) is 5.82 Å². The highest BCUT2D eigenvalue weighted by Gasteiger charge is 2.36. The van der Waals surface area contributed by atoms with Gasteiger partial charge in [-0.15, -0.1) is 0 Å². The molecule has 6 nitrogen and oxygen atoms in total. The Bertz CT molecular complexity index is 1440. The van der Waals surface area contributed by atoms with Gasteiger partial charge in [0.05, 0.1) is 28.3 Å². The van der Waals surface area contributed by atoms with Gasteiger partial charge in [-0.1, -0.05) is 66.4 Å². The number of aryl methyl sites for hydroxylation is 1. The van der Waals surface area contributed by atoms with E-state index in [9.17, 15) is 14.9 Å². The van der Waals surface area contributed by atoms with Gasteiger partial charge in [0.2, 0.25) is 5.91 Å². The minimum absolute atomic E-state index is 0.0185. The molecule has 0 bridgehead atoms. The van der Waals surface area contributed by atoms with E-state index in [-0.39, 0.29) is 28.4 Å². The molecule has 1 aliphatic heterocycles. The predicted molar refractivity (Wildman–Crippen MR) is 145 cm³/mol. The smallest absolute Gasteiger partial charge is 0.254 e. The molecular formula is C29H25FN4O2S. The van der Waals surface area contributed by atoms with Gasteiger partial charge in [-0.2, -0.15) is 5.26 Å². The van der Waals surface area contributed by atoms with Crippen LogP contribution in [0.25, 0.3) is 0 Å². The van der Waals surface area contributed by atoms with Crippen molar-refractivity contribution in [2.75, 3.05) is 16.4 Å². The SMILES string of the molecule is CC1=C(C(=O)Nc2ccccc2)[C@H](c2ccccc2F)C(C#N)=C(SCC(=O)Nc2ccccc2C)N1. The van der Waals surface area contributed by atoms with Crippen molar-refractivity contribution in [3.8, 4) is 6.07 Å². The van der Waals surface area contributed by atoms with Gasteiger partial charge >= 0.3 is 0 Å². The van der Waals surface area contributed by atoms with E-state index in [0.717, 1.165) is 17.3 Å². The molecule has 0 saturated carbocycles. The summed E-state index contributed by atoms with van der Waals surface area (Å²) in [5, 5.41) is 19.4. The van der Waals surface area contributed by atoms with E-state index >= 15 is 4.39 Å². The summed E-state index contributed by atoms with van der Waals surface area (Å²) in [4.78, 5) is 26.1. The Morgan fingerprint density at radius 1 is 0.973 bits per heavy atom. The minimum Gasteiger partial charge on any atom is -0.353 e. The first-order chi connectivity index (χ1) is 17.9. The Morgan fingerprint density at radius 3 is 2.35 bits per heavy atom. The molecule has 4 rings (SSSR count). The zero-order chi connectivity index (χ0) is 26.4. The first kappa shape index (κ1) is 25.7. The fraction of sp³-hybridized carbons (Fsp3) is 0.138. The van der Waals surface area contributed by atoms with Crippen molar-refractivity contribution in [1.82, 2.24) is 5.32 Å². The number of nitrogens with zero attached hydrogens (tertiary/aromatic N) is 1. The van der Waals surface area contributed by atoms with Gasteiger partial charge in [-0.05, 0) is 43.7 Å². The van der Waals surface area contributed by atoms with Crippen molar-refractivity contribution >= 4 is 35.0 Å². The van der Waals surface area contributed by atoms with Gasteiger partial charge in [-0.25, -0.2) is 4.39 Å². The minimum atomic E-state index is -0.946. The number of nitriles is 1. The van der Waals surface area contributed by atoms with Crippen LogP contribution in [0.4, 0.5) is 15.8 Å². The first-order valence-electron chi connectivity index (χ1n) is 11.6. The second-order valence-corrected chi connectivity index (χ2v) is 9.43. The Hall–Kier alpha value is -4.35. The molecule has 0 spiro atoms. The number of carbonyl (C=O) groups excluding carboxylic acids is 2. The lowest BCUT2D eigenvalue weighted by atomic mass is 9.82. The second kappa shape index (κ2) is 11.6. The number of amides is 2. The number of halogens is 1. The molecule has 0 aromatic heterocycles. The third-order valence-corrected chi connectivity index (χ3v) is 6.92. The maximum atomic E-state index is 15.0.